The summed E-state index contributed by atoms with van der Waals surface area (Å²) >= 11 is 0. The second-order valence-electron chi connectivity index (χ2n) is 5.87. The smallest absolute Gasteiger partial charge is 0.325 e. The van der Waals surface area contributed by atoms with Gasteiger partial charge in [0.2, 0.25) is 0 Å². The van der Waals surface area contributed by atoms with Crippen molar-refractivity contribution in [2.75, 3.05) is 5.32 Å². The number of ether oxygens (including phenoxy) is 1. The Morgan fingerprint density at radius 1 is 1.04 bits per heavy atom. The molecule has 10 heteroatoms. The maximum absolute atomic E-state index is 12.5. The third-order valence-electron chi connectivity index (χ3n) is 3.88. The lowest BCUT2D eigenvalue weighted by atomic mass is 10.3. The number of sulfone groups is 1. The van der Waals surface area contributed by atoms with Crippen molar-refractivity contribution < 1.29 is 27.7 Å². The van der Waals surface area contributed by atoms with Crippen LogP contribution in [0.1, 0.15) is 13.8 Å². The molecule has 1 N–H and O–H groups in total. The maximum Gasteiger partial charge on any atom is 0.325 e. The van der Waals surface area contributed by atoms with Crippen molar-refractivity contribution in [2.45, 2.75) is 30.1 Å². The number of nitro benzene ring substituents is 1. The highest BCUT2D eigenvalue weighted by Crippen LogP contribution is 2.21. The standard InChI is InChI=1S/C18H18N2O7S/c1-12(17(21)19-14-6-4-3-5-7-14)27-18(22)13(2)28(25,26)16-10-8-15(9-11-16)20(23)24/h3-13H,1-2H3,(H,19,21)/t12-,13+/m1/s1. The molecule has 1 amide bonds. The molecule has 0 saturated heterocycles. The number of carbonyl (C=O) groups excluding carboxylic acids is 2. The van der Waals surface area contributed by atoms with Crippen molar-refractivity contribution in [2.24, 2.45) is 0 Å². The lowest BCUT2D eigenvalue weighted by Crippen LogP contribution is -2.36. The molecule has 0 fully saturated rings. The Hall–Kier alpha value is -3.27. The Morgan fingerprint density at radius 3 is 2.14 bits per heavy atom. The van der Waals surface area contributed by atoms with Crippen LogP contribution in [0, 0.1) is 10.1 Å². The van der Waals surface area contributed by atoms with Crippen LogP contribution in [0.15, 0.2) is 59.5 Å². The Morgan fingerprint density at radius 2 is 1.61 bits per heavy atom. The molecule has 28 heavy (non-hydrogen) atoms. The SMILES string of the molecule is C[C@@H](OC(=O)[C@H](C)S(=O)(=O)c1ccc([N+](=O)[O-])cc1)C(=O)Nc1ccccc1. The van der Waals surface area contributed by atoms with Gasteiger partial charge >= 0.3 is 5.97 Å². The van der Waals surface area contributed by atoms with Crippen LogP contribution in [-0.2, 0) is 24.2 Å². The first-order chi connectivity index (χ1) is 13.1. The van der Waals surface area contributed by atoms with Gasteiger partial charge in [0.15, 0.2) is 21.2 Å². The minimum absolute atomic E-state index is 0.260. The second kappa shape index (κ2) is 8.61. The van der Waals surface area contributed by atoms with Gasteiger partial charge in [-0.25, -0.2) is 8.42 Å². The van der Waals surface area contributed by atoms with E-state index < -0.39 is 38.0 Å². The molecule has 148 valence electrons. The monoisotopic (exact) mass is 406 g/mol. The molecule has 0 unspecified atom stereocenters. The van der Waals surface area contributed by atoms with E-state index in [9.17, 15) is 28.1 Å². The normalized spacial score (nSPS) is 13.2. The Kier molecular flexibility index (Phi) is 6.47. The van der Waals surface area contributed by atoms with Crippen LogP contribution in [-0.4, -0.2) is 36.6 Å². The largest absolute Gasteiger partial charge is 0.452 e. The van der Waals surface area contributed by atoms with Crippen LogP contribution in [0.5, 0.6) is 0 Å². The van der Waals surface area contributed by atoms with E-state index in [4.69, 9.17) is 4.74 Å². The summed E-state index contributed by atoms with van der Waals surface area (Å²) in [5.41, 5.74) is 0.224. The van der Waals surface area contributed by atoms with Crippen LogP contribution in [0.2, 0.25) is 0 Å². The van der Waals surface area contributed by atoms with E-state index in [0.717, 1.165) is 31.2 Å². The molecule has 2 aromatic rings. The van der Waals surface area contributed by atoms with E-state index in [2.05, 4.69) is 5.32 Å². The first-order valence-corrected chi connectivity index (χ1v) is 9.72. The number of esters is 1. The zero-order chi connectivity index (χ0) is 20.9. The Balaban J connectivity index is 2.05. The molecule has 0 heterocycles. The van der Waals surface area contributed by atoms with Crippen LogP contribution in [0.4, 0.5) is 11.4 Å². The molecule has 0 aliphatic carbocycles. The molecule has 0 aliphatic heterocycles. The fourth-order valence-electron chi connectivity index (χ4n) is 2.18. The number of anilines is 1. The van der Waals surface area contributed by atoms with Crippen molar-refractivity contribution in [1.82, 2.24) is 0 Å². The highest BCUT2D eigenvalue weighted by atomic mass is 32.2. The van der Waals surface area contributed by atoms with Gasteiger partial charge in [-0.1, -0.05) is 18.2 Å². The van der Waals surface area contributed by atoms with Gasteiger partial charge in [-0.15, -0.1) is 0 Å². The molecule has 2 atom stereocenters. The van der Waals surface area contributed by atoms with E-state index in [1.54, 1.807) is 30.3 Å². The second-order valence-corrected chi connectivity index (χ2v) is 8.14. The summed E-state index contributed by atoms with van der Waals surface area (Å²) in [6.07, 6.45) is -1.22. The van der Waals surface area contributed by atoms with Crippen molar-refractivity contribution in [3.8, 4) is 0 Å². The van der Waals surface area contributed by atoms with Gasteiger partial charge in [0.25, 0.3) is 11.6 Å². The number of para-hydroxylation sites is 1. The summed E-state index contributed by atoms with van der Waals surface area (Å²) < 4.78 is 30.0. The quantitative estimate of drug-likeness (QED) is 0.424. The summed E-state index contributed by atoms with van der Waals surface area (Å²) in [4.78, 5) is 34.0. The number of nitrogens with zero attached hydrogens (tertiary/aromatic N) is 1. The average Bonchev–Trinajstić information content (AvgIpc) is 2.68. The van der Waals surface area contributed by atoms with Gasteiger partial charge in [0, 0.05) is 17.8 Å². The van der Waals surface area contributed by atoms with Crippen LogP contribution in [0.3, 0.4) is 0 Å². The number of nitrogens with one attached hydrogen (secondary N) is 1. The summed E-state index contributed by atoms with van der Waals surface area (Å²) in [5.74, 6) is -1.71. The minimum Gasteiger partial charge on any atom is -0.452 e. The van der Waals surface area contributed by atoms with E-state index in [1.165, 1.54) is 6.92 Å². The van der Waals surface area contributed by atoms with Crippen molar-refractivity contribution >= 4 is 33.1 Å². The minimum atomic E-state index is -4.14. The van der Waals surface area contributed by atoms with Crippen molar-refractivity contribution in [3.05, 3.63) is 64.7 Å². The van der Waals surface area contributed by atoms with Crippen LogP contribution < -0.4 is 5.32 Å². The van der Waals surface area contributed by atoms with Gasteiger partial charge in [-0.2, -0.15) is 0 Å². The number of nitro groups is 1. The number of hydrogen-bond donors (Lipinski definition) is 1. The fraction of sp³-hybridized carbons (Fsp3) is 0.222. The van der Waals surface area contributed by atoms with Gasteiger partial charge in [-0.3, -0.25) is 19.7 Å². The molecule has 0 saturated carbocycles. The van der Waals surface area contributed by atoms with Gasteiger partial charge < -0.3 is 10.1 Å². The van der Waals surface area contributed by atoms with Crippen molar-refractivity contribution in [1.29, 1.82) is 0 Å². The summed E-state index contributed by atoms with van der Waals surface area (Å²) in [6.45, 7) is 2.45. The number of carbonyl (C=O) groups is 2. The highest BCUT2D eigenvalue weighted by molar-refractivity contribution is 7.92. The number of benzene rings is 2. The van der Waals surface area contributed by atoms with Crippen LogP contribution >= 0.6 is 0 Å². The highest BCUT2D eigenvalue weighted by Gasteiger charge is 2.33. The number of non-ortho nitro benzene ring substituents is 1. The lowest BCUT2D eigenvalue weighted by Gasteiger charge is -2.17. The molecule has 0 bridgehead atoms. The van der Waals surface area contributed by atoms with Gasteiger partial charge in [0.1, 0.15) is 0 Å². The summed E-state index contributed by atoms with van der Waals surface area (Å²) in [6, 6.07) is 12.6. The molecule has 2 rings (SSSR count). The summed E-state index contributed by atoms with van der Waals surface area (Å²) in [5, 5.41) is 11.6. The third-order valence-corrected chi connectivity index (χ3v) is 5.93. The van der Waals surface area contributed by atoms with E-state index in [1.807, 2.05) is 0 Å². The molecule has 0 aliphatic rings. The molecule has 0 aromatic heterocycles. The molecule has 2 aromatic carbocycles. The van der Waals surface area contributed by atoms with Crippen molar-refractivity contribution in [3.63, 3.8) is 0 Å². The average molecular weight is 406 g/mol. The zero-order valence-electron chi connectivity index (χ0n) is 15.1. The Labute approximate surface area is 161 Å². The lowest BCUT2D eigenvalue weighted by molar-refractivity contribution is -0.384. The van der Waals surface area contributed by atoms with E-state index in [0.29, 0.717) is 5.69 Å². The first kappa shape index (κ1) is 21.0. The zero-order valence-corrected chi connectivity index (χ0v) is 15.9. The van der Waals surface area contributed by atoms with E-state index >= 15 is 0 Å². The number of rotatable bonds is 7. The molecule has 9 nitrogen and oxygen atoms in total. The van der Waals surface area contributed by atoms with Crippen LogP contribution in [0.25, 0.3) is 0 Å². The van der Waals surface area contributed by atoms with Gasteiger partial charge in [0.05, 0.1) is 9.82 Å². The molecule has 0 radical (unpaired) electrons. The molecular weight excluding hydrogens is 388 g/mol. The predicted octanol–water partition coefficient (Wildman–Crippen LogP) is 2.33. The van der Waals surface area contributed by atoms with E-state index in [-0.39, 0.29) is 10.6 Å². The first-order valence-electron chi connectivity index (χ1n) is 8.17. The third kappa shape index (κ3) is 4.92. The Bertz CT molecular complexity index is 973. The predicted molar refractivity (Wildman–Crippen MR) is 100 cm³/mol. The topological polar surface area (TPSA) is 133 Å². The molecular formula is C18H18N2O7S. The van der Waals surface area contributed by atoms with Gasteiger partial charge in [-0.05, 0) is 38.1 Å². The maximum atomic E-state index is 12.5. The number of hydrogen-bond acceptors (Lipinski definition) is 7. The number of amides is 1. The summed E-state index contributed by atoms with van der Waals surface area (Å²) in [7, 11) is -4.14. The fourth-order valence-corrected chi connectivity index (χ4v) is 3.41. The molecule has 0 spiro atoms.